The molecular formula is C23H23BrCs2N8O7. The van der Waals surface area contributed by atoms with Crippen LogP contribution in [0, 0.1) is 34.1 Å². The van der Waals surface area contributed by atoms with E-state index >= 15 is 0 Å². The molecule has 4 aromatic rings. The molecule has 0 bridgehead atoms. The van der Waals surface area contributed by atoms with Gasteiger partial charge in [0.15, 0.2) is 0 Å². The topological polar surface area (TPSA) is 225 Å². The molecule has 4 rings (SSSR count). The number of carbonyl (C=O) groups excluding carboxylic acids is 1. The molecule has 2 aromatic heterocycles. The summed E-state index contributed by atoms with van der Waals surface area (Å²) in [6, 6.07) is 12.9. The van der Waals surface area contributed by atoms with E-state index in [9.17, 15) is 20.2 Å². The van der Waals surface area contributed by atoms with Crippen LogP contribution in [0.25, 0.3) is 0 Å². The summed E-state index contributed by atoms with van der Waals surface area (Å²) in [5.41, 5.74) is 8.81. The van der Waals surface area contributed by atoms with Crippen LogP contribution >= 0.6 is 15.9 Å². The van der Waals surface area contributed by atoms with Gasteiger partial charge >= 0.3 is 138 Å². The molecule has 0 fully saturated rings. The van der Waals surface area contributed by atoms with E-state index in [0.717, 1.165) is 11.4 Å². The summed E-state index contributed by atoms with van der Waals surface area (Å²) in [5, 5.41) is 32.4. The van der Waals surface area contributed by atoms with Crippen LogP contribution in [-0.2, 0) is 9.68 Å². The minimum absolute atomic E-state index is 0. The number of nitrogens with one attached hydrogen (secondary N) is 1. The van der Waals surface area contributed by atoms with Crippen LogP contribution in [0.3, 0.4) is 0 Å². The second kappa shape index (κ2) is 24.5. The zero-order chi connectivity index (χ0) is 29.2. The Kier molecular flexibility index (Phi) is 25.1. The molecule has 0 aliphatic rings. The van der Waals surface area contributed by atoms with Crippen molar-refractivity contribution in [2.75, 3.05) is 11.1 Å². The molecule has 0 spiro atoms. The number of halogens is 1. The Labute approximate surface area is 362 Å². The summed E-state index contributed by atoms with van der Waals surface area (Å²) in [7, 11) is 0. The Bertz CT molecular complexity index is 1370. The maximum Gasteiger partial charge on any atom is 1.00 e. The van der Waals surface area contributed by atoms with Crippen LogP contribution in [-0.4, -0.2) is 36.3 Å². The molecule has 2 aromatic carbocycles. The molecule has 0 radical (unpaired) electrons. The van der Waals surface area contributed by atoms with Gasteiger partial charge in [-0.1, -0.05) is 24.3 Å². The smallest absolute Gasteiger partial charge is 1.00 e. The summed E-state index contributed by atoms with van der Waals surface area (Å²) >= 11 is 3.06. The van der Waals surface area contributed by atoms with Gasteiger partial charge in [0.2, 0.25) is 0 Å². The van der Waals surface area contributed by atoms with Crippen LogP contribution in [0.2, 0.25) is 0 Å². The average Bonchev–Trinajstić information content (AvgIpc) is 2.93. The zero-order valence-electron chi connectivity index (χ0n) is 23.5. The van der Waals surface area contributed by atoms with Gasteiger partial charge in [-0.2, -0.15) is 0 Å². The summed E-state index contributed by atoms with van der Waals surface area (Å²) in [5.74, 6) is 0. The first-order valence-corrected chi connectivity index (χ1v) is 11.3. The second-order valence-electron chi connectivity index (χ2n) is 6.89. The Morgan fingerprint density at radius 1 is 0.878 bits per heavy atom. The molecule has 3 N–H and O–H groups in total. The summed E-state index contributed by atoms with van der Waals surface area (Å²) in [6.45, 7) is 3.47. The number of nitrogen functional groups attached to an aromatic ring is 1. The van der Waals surface area contributed by atoms with Gasteiger partial charge in [-0.3, -0.25) is 25.0 Å². The number of aromatic nitrogens is 4. The largest absolute Gasteiger partial charge is 1.00 e. The zero-order valence-corrected chi connectivity index (χ0v) is 36.6. The molecule has 2 heterocycles. The molecule has 15 nitrogen and oxygen atoms in total. The van der Waals surface area contributed by atoms with Crippen LogP contribution < -0.4 is 154 Å². The fourth-order valence-corrected chi connectivity index (χ4v) is 2.83. The fraction of sp³-hybridized carbons (Fsp3) is 0.0870. The van der Waals surface area contributed by atoms with Crippen molar-refractivity contribution in [2.24, 2.45) is 0 Å². The van der Waals surface area contributed by atoms with Crippen LogP contribution in [0.4, 0.5) is 28.4 Å². The summed E-state index contributed by atoms with van der Waals surface area (Å²) in [4.78, 5) is 46.9. The Morgan fingerprint density at radius 2 is 1.37 bits per heavy atom. The third kappa shape index (κ3) is 17.0. The van der Waals surface area contributed by atoms with Crippen LogP contribution in [0.15, 0.2) is 78.1 Å². The SMILES string of the molecule is Cc1ncncc1N.Cc1ncncc1Nc1ccccc1[N+](=O)[O-].O=CO[O-].O=[N+]([O-])c1ccccc1Br.[Cs+].[Cs+].[H-]. The molecule has 0 aliphatic carbocycles. The predicted octanol–water partition coefficient (Wildman–Crippen LogP) is -2.28. The van der Waals surface area contributed by atoms with Crippen molar-refractivity contribution >= 4 is 50.8 Å². The number of rotatable bonds is 5. The van der Waals surface area contributed by atoms with Crippen molar-refractivity contribution in [2.45, 2.75) is 13.8 Å². The fourth-order valence-electron chi connectivity index (χ4n) is 2.40. The number of carbonyl (C=O) groups is 1. The Balaban J connectivity index is -0.000000525. The number of hydrogen-bond acceptors (Lipinski definition) is 13. The van der Waals surface area contributed by atoms with Gasteiger partial charge < -0.3 is 22.6 Å². The Hall–Kier alpha value is -0.986. The summed E-state index contributed by atoms with van der Waals surface area (Å²) < 4.78 is 0.514. The predicted molar refractivity (Wildman–Crippen MR) is 143 cm³/mol. The minimum atomic E-state index is -0.429. The van der Waals surface area contributed by atoms with E-state index in [-0.39, 0.29) is 157 Å². The van der Waals surface area contributed by atoms with Crippen molar-refractivity contribution in [3.8, 4) is 0 Å². The first-order valence-electron chi connectivity index (χ1n) is 10.5. The van der Waals surface area contributed by atoms with Gasteiger partial charge in [-0.15, -0.1) is 0 Å². The van der Waals surface area contributed by atoms with E-state index < -0.39 is 9.85 Å². The third-order valence-corrected chi connectivity index (χ3v) is 4.99. The number of nitrogens with two attached hydrogens (primary N) is 1. The number of anilines is 3. The molecule has 0 saturated carbocycles. The number of nitro groups is 2. The van der Waals surface area contributed by atoms with Crippen LogP contribution in [0.1, 0.15) is 12.8 Å². The quantitative estimate of drug-likeness (QED) is 0.0935. The van der Waals surface area contributed by atoms with Crippen LogP contribution in [0.5, 0.6) is 0 Å². The first kappa shape index (κ1) is 42.1. The monoisotopic (exact) mass is 868 g/mol. The maximum absolute atomic E-state index is 10.8. The molecule has 0 unspecified atom stereocenters. The average molecular weight is 869 g/mol. The standard InChI is InChI=1S/C11H10N4O2.C6H4BrNO2.C5H7N3.CH2O3.2Cs.H/c1-8-10(6-12-7-13-8)14-9-4-2-3-5-11(9)15(16)17;7-5-3-1-2-4-6(5)8(9)10;1-4-5(6)2-7-3-8-4;2-1-4-3;;;/h2-7,14H,1H3;1-4H;2-3H,6H2,1H3;1,3H;;;/q;;;;2*+1;-1/p-1. The third-order valence-electron chi connectivity index (χ3n) is 4.32. The van der Waals surface area contributed by atoms with E-state index in [1.165, 1.54) is 24.8 Å². The van der Waals surface area contributed by atoms with Crippen molar-refractivity contribution in [1.82, 2.24) is 19.9 Å². The number of aryl methyl sites for hydroxylation is 2. The van der Waals surface area contributed by atoms with E-state index in [2.05, 4.69) is 46.1 Å². The van der Waals surface area contributed by atoms with Gasteiger partial charge in [0.1, 0.15) is 18.3 Å². The van der Waals surface area contributed by atoms with E-state index in [1.807, 2.05) is 6.92 Å². The molecule has 0 saturated heterocycles. The number of nitrogens with zero attached hydrogens (tertiary/aromatic N) is 6. The molecular weight excluding hydrogens is 846 g/mol. The normalized spacial score (nSPS) is 8.68. The van der Waals surface area contributed by atoms with Gasteiger partial charge in [0, 0.05) is 12.1 Å². The van der Waals surface area contributed by atoms with Gasteiger partial charge in [0.05, 0.1) is 49.5 Å². The molecule has 41 heavy (non-hydrogen) atoms. The maximum atomic E-state index is 10.8. The number of benzene rings is 2. The van der Waals surface area contributed by atoms with Crippen molar-refractivity contribution in [3.05, 3.63) is 110 Å². The number of hydrogen-bond donors (Lipinski definition) is 2. The first-order chi connectivity index (χ1) is 18.6. The molecule has 0 atom stereocenters. The van der Waals surface area contributed by atoms with Gasteiger partial charge in [0.25, 0.3) is 17.8 Å². The number of para-hydroxylation sites is 3. The van der Waals surface area contributed by atoms with Gasteiger partial charge in [-0.25, -0.2) is 19.9 Å². The molecule has 0 amide bonds. The van der Waals surface area contributed by atoms with Crippen molar-refractivity contribution in [1.29, 1.82) is 0 Å². The molecule has 206 valence electrons. The Morgan fingerprint density at radius 3 is 1.78 bits per heavy atom. The second-order valence-corrected chi connectivity index (χ2v) is 7.74. The van der Waals surface area contributed by atoms with Crippen molar-refractivity contribution in [3.63, 3.8) is 0 Å². The molecule has 18 heteroatoms. The molecule has 0 aliphatic heterocycles. The van der Waals surface area contributed by atoms with E-state index in [1.54, 1.807) is 55.7 Å². The van der Waals surface area contributed by atoms with Crippen molar-refractivity contribution < 1.29 is 164 Å². The van der Waals surface area contributed by atoms with E-state index in [0.29, 0.717) is 21.5 Å². The van der Waals surface area contributed by atoms with E-state index in [4.69, 9.17) is 15.8 Å². The number of nitro benzene ring substituents is 2. The minimum Gasteiger partial charge on any atom is -1.00 e. The summed E-state index contributed by atoms with van der Waals surface area (Å²) in [6.07, 6.45) is 6.08. The van der Waals surface area contributed by atoms with Gasteiger partial charge in [-0.05, 0) is 41.9 Å².